The molecule has 6 heteroatoms. The van der Waals surface area contributed by atoms with Crippen LogP contribution in [-0.2, 0) is 32.8 Å². The summed E-state index contributed by atoms with van der Waals surface area (Å²) >= 11 is 0. The van der Waals surface area contributed by atoms with Crippen molar-refractivity contribution < 1.29 is 19.2 Å². The van der Waals surface area contributed by atoms with E-state index in [1.54, 1.807) is 0 Å². The Hall–Kier alpha value is -0.920. The van der Waals surface area contributed by atoms with Crippen LogP contribution in [0.1, 0.15) is 76.8 Å². The van der Waals surface area contributed by atoms with Crippen molar-refractivity contribution in [3.05, 3.63) is 23.5 Å². The molecule has 1 aromatic heterocycles. The SMILES string of the molecule is C[C@H]1[C@H](c2ccc(CN3CCCC3)n2C)O[C@@H]2O[C@]3(C)CC[C@H]4[C@H](C)CC[C@@H]1[C@@]24OO3. The van der Waals surface area contributed by atoms with Gasteiger partial charge in [-0.05, 0) is 82.0 Å². The molecule has 0 N–H and O–H groups in total. The highest BCUT2D eigenvalue weighted by molar-refractivity contribution is 5.22. The predicted octanol–water partition coefficient (Wildman–Crippen LogP) is 4.54. The standard InChI is InChI=1S/C25H38N2O4/c1-16-7-9-20-17(2)22(21-10-8-18(26(21)4)15-27-13-5-6-14-27)28-23-25(20)19(16)11-12-24(3,29-23)30-31-25/h8,10,16-17,19-20,22-23H,5-7,9,11-15H2,1-4H3/t16-,17-,19+,20+,22-,23-,24+,25-/m1/s1. The first-order chi connectivity index (χ1) is 14.9. The van der Waals surface area contributed by atoms with Crippen LogP contribution >= 0.6 is 0 Å². The van der Waals surface area contributed by atoms with Crippen molar-refractivity contribution in [1.82, 2.24) is 9.47 Å². The Morgan fingerprint density at radius 3 is 2.65 bits per heavy atom. The molecule has 7 rings (SSSR count). The molecule has 0 amide bonds. The van der Waals surface area contributed by atoms with E-state index in [9.17, 15) is 0 Å². The van der Waals surface area contributed by atoms with Gasteiger partial charge in [0.2, 0.25) is 5.79 Å². The predicted molar refractivity (Wildman–Crippen MR) is 116 cm³/mol. The van der Waals surface area contributed by atoms with Gasteiger partial charge < -0.3 is 14.0 Å². The third kappa shape index (κ3) is 3.02. The highest BCUT2D eigenvalue weighted by Crippen LogP contribution is 2.62. The molecule has 1 saturated carbocycles. The lowest BCUT2D eigenvalue weighted by atomic mass is 9.57. The Morgan fingerprint density at radius 1 is 1.03 bits per heavy atom. The van der Waals surface area contributed by atoms with Crippen LogP contribution in [0.3, 0.4) is 0 Å². The number of nitrogens with zero attached hydrogens (tertiary/aromatic N) is 2. The number of fused-ring (bicyclic) bond motifs is 2. The highest BCUT2D eigenvalue weighted by atomic mass is 17.3. The van der Waals surface area contributed by atoms with Crippen LogP contribution in [0.4, 0.5) is 0 Å². The first-order valence-electron chi connectivity index (χ1n) is 12.5. The van der Waals surface area contributed by atoms with E-state index >= 15 is 0 Å². The summed E-state index contributed by atoms with van der Waals surface area (Å²) in [6.07, 6.45) is 6.61. The number of likely N-dealkylation sites (tertiary alicyclic amines) is 1. The first kappa shape index (κ1) is 20.7. The number of rotatable bonds is 3. The summed E-state index contributed by atoms with van der Waals surface area (Å²) in [5, 5.41) is 0. The molecule has 2 bridgehead atoms. The summed E-state index contributed by atoms with van der Waals surface area (Å²) in [6.45, 7) is 10.2. The molecule has 1 aromatic rings. The largest absolute Gasteiger partial charge is 0.348 e. The minimum atomic E-state index is -0.711. The lowest BCUT2D eigenvalue weighted by molar-refractivity contribution is -0.571. The maximum absolute atomic E-state index is 6.85. The molecule has 0 radical (unpaired) electrons. The fraction of sp³-hybridized carbons (Fsp3) is 0.840. The van der Waals surface area contributed by atoms with Crippen molar-refractivity contribution in [2.45, 2.75) is 89.6 Å². The topological polar surface area (TPSA) is 45.1 Å². The summed E-state index contributed by atoms with van der Waals surface area (Å²) in [5.41, 5.74) is 2.16. The first-order valence-corrected chi connectivity index (χ1v) is 12.5. The Labute approximate surface area is 186 Å². The average molecular weight is 431 g/mol. The Balaban J connectivity index is 1.34. The van der Waals surface area contributed by atoms with Crippen molar-refractivity contribution in [2.24, 2.45) is 30.7 Å². The van der Waals surface area contributed by atoms with E-state index in [1.807, 2.05) is 6.92 Å². The van der Waals surface area contributed by atoms with E-state index in [1.165, 1.54) is 43.7 Å². The third-order valence-electron chi connectivity index (χ3n) is 9.30. The Bertz CT molecular complexity index is 835. The normalized spacial score (nSPS) is 47.4. The fourth-order valence-corrected chi connectivity index (χ4v) is 7.43. The summed E-state index contributed by atoms with van der Waals surface area (Å²) in [4.78, 5) is 14.8. The molecule has 1 aliphatic carbocycles. The third-order valence-corrected chi connectivity index (χ3v) is 9.30. The van der Waals surface area contributed by atoms with Gasteiger partial charge in [-0.25, -0.2) is 9.78 Å². The summed E-state index contributed by atoms with van der Waals surface area (Å²) < 4.78 is 15.8. The van der Waals surface area contributed by atoms with E-state index in [0.29, 0.717) is 23.7 Å². The zero-order valence-electron chi connectivity index (χ0n) is 19.5. The molecule has 6 heterocycles. The molecular formula is C25H38N2O4. The van der Waals surface area contributed by atoms with E-state index in [-0.39, 0.29) is 12.4 Å². The molecule has 1 spiro atoms. The van der Waals surface area contributed by atoms with Gasteiger partial charge in [0.25, 0.3) is 0 Å². The van der Waals surface area contributed by atoms with Crippen molar-refractivity contribution in [1.29, 1.82) is 0 Å². The smallest absolute Gasteiger partial charge is 0.201 e. The molecule has 172 valence electrons. The lowest BCUT2D eigenvalue weighted by Crippen LogP contribution is -2.69. The van der Waals surface area contributed by atoms with Gasteiger partial charge in [0.1, 0.15) is 6.10 Å². The number of hydrogen-bond donors (Lipinski definition) is 0. The van der Waals surface area contributed by atoms with Crippen LogP contribution in [0.5, 0.6) is 0 Å². The number of aromatic nitrogens is 1. The van der Waals surface area contributed by atoms with Crippen LogP contribution < -0.4 is 0 Å². The van der Waals surface area contributed by atoms with E-state index < -0.39 is 11.4 Å². The second-order valence-corrected chi connectivity index (χ2v) is 11.1. The maximum Gasteiger partial charge on any atom is 0.201 e. The van der Waals surface area contributed by atoms with Gasteiger partial charge in [-0.1, -0.05) is 13.8 Å². The lowest BCUT2D eigenvalue weighted by Gasteiger charge is -2.60. The quantitative estimate of drug-likeness (QED) is 0.659. The number of hydrogen-bond acceptors (Lipinski definition) is 5. The Kier molecular flexibility index (Phi) is 4.86. The number of ether oxygens (including phenoxy) is 2. The molecule has 6 aliphatic rings. The zero-order valence-corrected chi connectivity index (χ0v) is 19.5. The molecule has 8 atom stereocenters. The molecular weight excluding hydrogens is 392 g/mol. The van der Waals surface area contributed by atoms with Crippen LogP contribution in [0.15, 0.2) is 12.1 Å². The maximum atomic E-state index is 6.85. The van der Waals surface area contributed by atoms with E-state index in [4.69, 9.17) is 19.2 Å². The van der Waals surface area contributed by atoms with Crippen LogP contribution in [-0.4, -0.2) is 40.2 Å². The summed E-state index contributed by atoms with van der Waals surface area (Å²) in [5.74, 6) is 1.02. The average Bonchev–Trinajstić information content (AvgIpc) is 3.32. The molecule has 6 fully saturated rings. The van der Waals surface area contributed by atoms with Crippen molar-refractivity contribution >= 4 is 0 Å². The minimum absolute atomic E-state index is 0.0126. The molecule has 6 nitrogen and oxygen atoms in total. The monoisotopic (exact) mass is 430 g/mol. The van der Waals surface area contributed by atoms with Crippen LogP contribution in [0, 0.1) is 23.7 Å². The van der Waals surface area contributed by atoms with E-state index in [0.717, 1.165) is 25.8 Å². The molecule has 0 aromatic carbocycles. The molecule has 0 unspecified atom stereocenters. The minimum Gasteiger partial charge on any atom is -0.348 e. The van der Waals surface area contributed by atoms with Gasteiger partial charge in [0.05, 0.1) is 0 Å². The van der Waals surface area contributed by atoms with Crippen LogP contribution in [0.25, 0.3) is 0 Å². The zero-order chi connectivity index (χ0) is 21.4. The van der Waals surface area contributed by atoms with Crippen molar-refractivity contribution in [3.8, 4) is 0 Å². The fourth-order valence-electron chi connectivity index (χ4n) is 7.43. The second-order valence-electron chi connectivity index (χ2n) is 11.1. The van der Waals surface area contributed by atoms with Crippen LogP contribution in [0.2, 0.25) is 0 Å². The Morgan fingerprint density at radius 2 is 1.84 bits per heavy atom. The van der Waals surface area contributed by atoms with Gasteiger partial charge >= 0.3 is 0 Å². The second kappa shape index (κ2) is 7.29. The van der Waals surface area contributed by atoms with Crippen molar-refractivity contribution in [2.75, 3.05) is 13.1 Å². The van der Waals surface area contributed by atoms with Gasteiger partial charge in [-0.15, -0.1) is 0 Å². The molecule has 31 heavy (non-hydrogen) atoms. The summed E-state index contributed by atoms with van der Waals surface area (Å²) in [6, 6.07) is 4.57. The van der Waals surface area contributed by atoms with Gasteiger partial charge in [0, 0.05) is 37.3 Å². The van der Waals surface area contributed by atoms with Crippen molar-refractivity contribution in [3.63, 3.8) is 0 Å². The molecule has 5 saturated heterocycles. The van der Waals surface area contributed by atoms with Gasteiger partial charge in [0.15, 0.2) is 11.9 Å². The van der Waals surface area contributed by atoms with E-state index in [2.05, 4.69) is 42.5 Å². The highest BCUT2D eigenvalue weighted by Gasteiger charge is 2.69. The summed E-state index contributed by atoms with van der Waals surface area (Å²) in [7, 11) is 2.20. The van der Waals surface area contributed by atoms with Gasteiger partial charge in [-0.2, -0.15) is 0 Å². The molecule has 5 aliphatic heterocycles. The van der Waals surface area contributed by atoms with Gasteiger partial charge in [-0.3, -0.25) is 4.90 Å².